The Morgan fingerprint density at radius 1 is 1.03 bits per heavy atom. The monoisotopic (exact) mass is 452 g/mol. The van der Waals surface area contributed by atoms with Crippen molar-refractivity contribution in [3.8, 4) is 0 Å². The van der Waals surface area contributed by atoms with Crippen LogP contribution in [-0.2, 0) is 12.8 Å². The second kappa shape index (κ2) is 9.84. The van der Waals surface area contributed by atoms with Crippen molar-refractivity contribution in [3.63, 3.8) is 0 Å². The van der Waals surface area contributed by atoms with Crippen LogP contribution in [0.25, 0.3) is 5.57 Å². The van der Waals surface area contributed by atoms with E-state index in [0.29, 0.717) is 5.92 Å². The zero-order chi connectivity index (χ0) is 24.4. The van der Waals surface area contributed by atoms with Crippen LogP contribution < -0.4 is 10.2 Å². The third-order valence-corrected chi connectivity index (χ3v) is 6.67. The molecule has 176 valence electrons. The maximum Gasteiger partial charge on any atom is 0.144 e. The number of nitrogens with one attached hydrogen (secondary N) is 1. The molecule has 0 saturated heterocycles. The molecule has 1 heterocycles. The highest BCUT2D eigenvalue weighted by molar-refractivity contribution is 5.86. The van der Waals surface area contributed by atoms with Crippen molar-refractivity contribution in [1.82, 2.24) is 9.97 Å². The molecular formula is C30H36N4. The Morgan fingerprint density at radius 2 is 1.71 bits per heavy atom. The molecule has 1 aliphatic rings. The van der Waals surface area contributed by atoms with E-state index in [0.717, 1.165) is 59.2 Å². The lowest BCUT2D eigenvalue weighted by atomic mass is 10.0. The zero-order valence-corrected chi connectivity index (χ0v) is 21.4. The van der Waals surface area contributed by atoms with Crippen molar-refractivity contribution in [2.45, 2.75) is 59.8 Å². The molecule has 0 radical (unpaired) electrons. The first-order chi connectivity index (χ1) is 16.3. The molecule has 1 aromatic heterocycles. The lowest BCUT2D eigenvalue weighted by molar-refractivity contribution is 0.866. The molecule has 4 nitrogen and oxygen atoms in total. The fourth-order valence-electron chi connectivity index (χ4n) is 4.65. The molecular weight excluding hydrogens is 416 g/mol. The van der Waals surface area contributed by atoms with Gasteiger partial charge in [0.25, 0.3) is 0 Å². The minimum absolute atomic E-state index is 0.513. The Bertz CT molecular complexity index is 1220. The van der Waals surface area contributed by atoms with E-state index in [-0.39, 0.29) is 0 Å². The minimum atomic E-state index is 0.513. The third kappa shape index (κ3) is 4.77. The number of nitrogens with zero attached hydrogens (tertiary/aromatic N) is 3. The molecule has 34 heavy (non-hydrogen) atoms. The number of rotatable bonds is 8. The van der Waals surface area contributed by atoms with Crippen LogP contribution in [0.2, 0.25) is 0 Å². The summed E-state index contributed by atoms with van der Waals surface area (Å²) in [5.41, 5.74) is 10.4. The summed E-state index contributed by atoms with van der Waals surface area (Å²) in [6.45, 7) is 15.1. The highest BCUT2D eigenvalue weighted by Gasteiger charge is 2.28. The third-order valence-electron chi connectivity index (χ3n) is 6.67. The van der Waals surface area contributed by atoms with Gasteiger partial charge in [-0.25, -0.2) is 9.97 Å². The van der Waals surface area contributed by atoms with Gasteiger partial charge in [-0.15, -0.1) is 0 Å². The van der Waals surface area contributed by atoms with E-state index in [9.17, 15) is 0 Å². The van der Waals surface area contributed by atoms with Crippen LogP contribution in [0, 0.1) is 6.92 Å². The topological polar surface area (TPSA) is 41.1 Å². The minimum Gasteiger partial charge on any atom is -0.356 e. The van der Waals surface area contributed by atoms with Crippen molar-refractivity contribution in [3.05, 3.63) is 94.6 Å². The molecule has 0 bridgehead atoms. The quantitative estimate of drug-likeness (QED) is 0.382. The highest BCUT2D eigenvalue weighted by Crippen LogP contribution is 2.41. The lowest BCUT2D eigenvalue weighted by Crippen LogP contribution is -2.15. The van der Waals surface area contributed by atoms with Gasteiger partial charge < -0.3 is 10.2 Å². The Hall–Kier alpha value is -3.40. The molecule has 2 aromatic carbocycles. The number of hydrogen-bond donors (Lipinski definition) is 1. The first-order valence-corrected chi connectivity index (χ1v) is 12.2. The van der Waals surface area contributed by atoms with Gasteiger partial charge in [0.05, 0.1) is 5.69 Å². The molecule has 4 heteroatoms. The first kappa shape index (κ1) is 23.7. The van der Waals surface area contributed by atoms with Gasteiger partial charge in [0.2, 0.25) is 0 Å². The molecule has 0 amide bonds. The fraction of sp³-hybridized carbons (Fsp3) is 0.333. The Balaban J connectivity index is 1.62. The molecule has 0 spiro atoms. The van der Waals surface area contributed by atoms with E-state index in [1.165, 1.54) is 22.3 Å². The SMILES string of the molecule is C=C(Nc1ccc(CCC)cc1)C1=C(C)c2c(nc(C)nc2N(C)c2ccc(C(C)C)cc2)C1. The molecule has 1 aliphatic carbocycles. The zero-order valence-electron chi connectivity index (χ0n) is 21.4. The number of hydrogen-bond acceptors (Lipinski definition) is 4. The maximum atomic E-state index is 4.86. The number of aromatic nitrogens is 2. The van der Waals surface area contributed by atoms with Crippen LogP contribution in [0.3, 0.4) is 0 Å². The summed E-state index contributed by atoms with van der Waals surface area (Å²) in [5, 5.41) is 3.52. The van der Waals surface area contributed by atoms with Gasteiger partial charge in [-0.1, -0.05) is 58.0 Å². The predicted octanol–water partition coefficient (Wildman–Crippen LogP) is 7.58. The van der Waals surface area contributed by atoms with Crippen LogP contribution in [0.15, 0.2) is 66.4 Å². The molecule has 3 aromatic rings. The second-order valence-corrected chi connectivity index (χ2v) is 9.55. The average Bonchev–Trinajstić information content (AvgIpc) is 3.15. The van der Waals surface area contributed by atoms with Crippen LogP contribution in [0.1, 0.15) is 68.2 Å². The van der Waals surface area contributed by atoms with Crippen LogP contribution in [0.4, 0.5) is 17.2 Å². The van der Waals surface area contributed by atoms with E-state index >= 15 is 0 Å². The summed E-state index contributed by atoms with van der Waals surface area (Å²) >= 11 is 0. The Labute approximate surface area is 204 Å². The van der Waals surface area contributed by atoms with Crippen molar-refractivity contribution in [1.29, 1.82) is 0 Å². The van der Waals surface area contributed by atoms with Crippen LogP contribution >= 0.6 is 0 Å². The van der Waals surface area contributed by atoms with E-state index in [4.69, 9.17) is 9.97 Å². The number of fused-ring (bicyclic) bond motifs is 1. The average molecular weight is 453 g/mol. The lowest BCUT2D eigenvalue weighted by Gasteiger charge is -2.22. The highest BCUT2D eigenvalue weighted by atomic mass is 15.2. The van der Waals surface area contributed by atoms with Gasteiger partial charge in [-0.2, -0.15) is 0 Å². The first-order valence-electron chi connectivity index (χ1n) is 12.2. The van der Waals surface area contributed by atoms with E-state index in [2.05, 4.69) is 100 Å². The fourth-order valence-corrected chi connectivity index (χ4v) is 4.65. The molecule has 1 N–H and O–H groups in total. The predicted molar refractivity (Wildman–Crippen MR) is 145 cm³/mol. The molecule has 0 atom stereocenters. The van der Waals surface area contributed by atoms with Crippen molar-refractivity contribution < 1.29 is 0 Å². The molecule has 0 fully saturated rings. The number of benzene rings is 2. The molecule has 0 saturated carbocycles. The van der Waals surface area contributed by atoms with Crippen molar-refractivity contribution in [2.24, 2.45) is 0 Å². The number of anilines is 3. The maximum absolute atomic E-state index is 4.86. The summed E-state index contributed by atoms with van der Waals surface area (Å²) in [5.74, 6) is 2.25. The van der Waals surface area contributed by atoms with Gasteiger partial charge in [-0.05, 0) is 72.7 Å². The van der Waals surface area contributed by atoms with Crippen LogP contribution in [-0.4, -0.2) is 17.0 Å². The van der Waals surface area contributed by atoms with Crippen LogP contribution in [0.5, 0.6) is 0 Å². The summed E-state index contributed by atoms with van der Waals surface area (Å²) in [4.78, 5) is 11.8. The largest absolute Gasteiger partial charge is 0.356 e. The van der Waals surface area contributed by atoms with E-state index in [1.54, 1.807) is 0 Å². The molecule has 4 rings (SSSR count). The Morgan fingerprint density at radius 3 is 2.32 bits per heavy atom. The van der Waals surface area contributed by atoms with Gasteiger partial charge in [0, 0.05) is 36.1 Å². The van der Waals surface area contributed by atoms with Gasteiger partial charge in [0.15, 0.2) is 0 Å². The Kier molecular flexibility index (Phi) is 6.87. The number of aryl methyl sites for hydroxylation is 2. The van der Waals surface area contributed by atoms with Gasteiger partial charge in [-0.3, -0.25) is 0 Å². The van der Waals surface area contributed by atoms with E-state index in [1.807, 2.05) is 6.92 Å². The molecule has 0 unspecified atom stereocenters. The van der Waals surface area contributed by atoms with Crippen molar-refractivity contribution in [2.75, 3.05) is 17.3 Å². The normalized spacial score (nSPS) is 12.8. The summed E-state index contributed by atoms with van der Waals surface area (Å²) in [7, 11) is 2.09. The van der Waals surface area contributed by atoms with Gasteiger partial charge in [0.1, 0.15) is 11.6 Å². The summed E-state index contributed by atoms with van der Waals surface area (Å²) in [6, 6.07) is 17.4. The van der Waals surface area contributed by atoms with E-state index < -0.39 is 0 Å². The standard InChI is InChI=1S/C30H36N4/c1-8-9-23-10-14-25(15-11-23)31-21(5)27-18-28-29(20(27)4)30(33-22(6)32-28)34(7)26-16-12-24(13-17-26)19(2)3/h10-17,19,31H,5,8-9,18H2,1-4,6-7H3. The smallest absolute Gasteiger partial charge is 0.144 e. The van der Waals surface area contributed by atoms with Crippen molar-refractivity contribution >= 4 is 22.8 Å². The second-order valence-electron chi connectivity index (χ2n) is 9.55. The van der Waals surface area contributed by atoms with Gasteiger partial charge >= 0.3 is 0 Å². The summed E-state index contributed by atoms with van der Waals surface area (Å²) in [6.07, 6.45) is 3.02. The molecule has 0 aliphatic heterocycles. The summed E-state index contributed by atoms with van der Waals surface area (Å²) < 4.78 is 0. The number of allylic oxidation sites excluding steroid dienone is 2.